The van der Waals surface area contributed by atoms with E-state index in [0.29, 0.717) is 6.42 Å². The molecule has 0 bridgehead atoms. The molecule has 3 aromatic rings. The molecule has 50 heavy (non-hydrogen) atoms. The molecule has 0 aliphatic carbocycles. The van der Waals surface area contributed by atoms with Gasteiger partial charge in [0.15, 0.2) is 23.2 Å². The molecule has 2 N–H and O–H groups in total. The molecule has 2 atom stereocenters. The Morgan fingerprint density at radius 3 is 2.50 bits per heavy atom. The summed E-state index contributed by atoms with van der Waals surface area (Å²) < 4.78 is 87.6. The summed E-state index contributed by atoms with van der Waals surface area (Å²) in [6, 6.07) is 4.93. The monoisotopic (exact) mass is 702 g/mol. The van der Waals surface area contributed by atoms with Gasteiger partial charge in [0.2, 0.25) is 11.9 Å². The van der Waals surface area contributed by atoms with E-state index in [1.807, 2.05) is 0 Å². The number of esters is 1. The third-order valence-corrected chi connectivity index (χ3v) is 7.13. The van der Waals surface area contributed by atoms with Crippen LogP contribution in [0.3, 0.4) is 0 Å². The van der Waals surface area contributed by atoms with Crippen molar-refractivity contribution in [3.8, 4) is 39.8 Å². The van der Waals surface area contributed by atoms with Crippen molar-refractivity contribution in [3.63, 3.8) is 0 Å². The molecule has 1 aromatic heterocycles. The smallest absolute Gasteiger partial charge is 0.417 e. The van der Waals surface area contributed by atoms with Crippen LogP contribution in [0.5, 0.6) is 5.75 Å². The second kappa shape index (κ2) is 14.7. The first-order valence-corrected chi connectivity index (χ1v) is 14.9. The number of benzene rings is 2. The van der Waals surface area contributed by atoms with Gasteiger partial charge in [-0.2, -0.15) is 18.3 Å². The van der Waals surface area contributed by atoms with Gasteiger partial charge in [0.25, 0.3) is 0 Å². The molecular formula is C32H27F5N6O7. The number of carboxylic acids is 1. The number of fused-ring (bicyclic) bond motifs is 1. The van der Waals surface area contributed by atoms with E-state index in [1.165, 1.54) is 31.3 Å². The van der Waals surface area contributed by atoms with Gasteiger partial charge in [-0.1, -0.05) is 18.1 Å². The number of hydrogen-bond acceptors (Lipinski definition) is 10. The SMILES string of the molecule is CCCOc1ccc(-c2cc(C(C(=O)OCCC(=O)N[C@@H](C)C(=O)O)n3cc4nc(-c5cccc(F)c5F)nc-4cn3)on2)c(C(F)(F)F)c1. The lowest BCUT2D eigenvalue weighted by molar-refractivity contribution is -0.148. The van der Waals surface area contributed by atoms with Crippen molar-refractivity contribution in [1.29, 1.82) is 0 Å². The van der Waals surface area contributed by atoms with E-state index >= 15 is 0 Å². The van der Waals surface area contributed by atoms with Gasteiger partial charge in [-0.3, -0.25) is 9.59 Å². The lowest BCUT2D eigenvalue weighted by Crippen LogP contribution is -2.38. The third-order valence-electron chi connectivity index (χ3n) is 7.13. The quantitative estimate of drug-likeness (QED) is 0.121. The summed E-state index contributed by atoms with van der Waals surface area (Å²) in [6.07, 6.45) is -2.35. The third kappa shape index (κ3) is 7.85. The Morgan fingerprint density at radius 2 is 1.78 bits per heavy atom. The van der Waals surface area contributed by atoms with Crippen LogP contribution in [0, 0.1) is 11.6 Å². The summed E-state index contributed by atoms with van der Waals surface area (Å²) in [4.78, 5) is 45.0. The number of carbonyl (C=O) groups excluding carboxylic acids is 2. The molecule has 2 aliphatic heterocycles. The maximum Gasteiger partial charge on any atom is 0.417 e. The van der Waals surface area contributed by atoms with Crippen LogP contribution in [-0.4, -0.2) is 67.1 Å². The maximum absolute atomic E-state index is 14.5. The Labute approximate surface area is 279 Å². The molecule has 262 valence electrons. The number of ether oxygens (including phenoxy) is 2. The van der Waals surface area contributed by atoms with Crippen molar-refractivity contribution >= 4 is 17.8 Å². The lowest BCUT2D eigenvalue weighted by atomic mass is 10.0. The molecule has 0 radical (unpaired) electrons. The number of amides is 1. The molecule has 2 aliphatic rings. The molecule has 3 heterocycles. The predicted octanol–water partition coefficient (Wildman–Crippen LogP) is 5.30. The van der Waals surface area contributed by atoms with Gasteiger partial charge >= 0.3 is 18.1 Å². The minimum absolute atomic E-state index is 0.0174. The van der Waals surface area contributed by atoms with E-state index in [1.54, 1.807) is 6.92 Å². The van der Waals surface area contributed by atoms with Crippen LogP contribution in [0.4, 0.5) is 22.0 Å². The van der Waals surface area contributed by atoms with E-state index < -0.39 is 66.3 Å². The summed E-state index contributed by atoms with van der Waals surface area (Å²) in [5, 5.41) is 19.1. The summed E-state index contributed by atoms with van der Waals surface area (Å²) in [5.41, 5.74) is -1.83. The van der Waals surface area contributed by atoms with E-state index in [-0.39, 0.29) is 52.1 Å². The van der Waals surface area contributed by atoms with Gasteiger partial charge in [-0.25, -0.2) is 28.2 Å². The summed E-state index contributed by atoms with van der Waals surface area (Å²) in [7, 11) is 0. The number of carbonyl (C=O) groups is 3. The van der Waals surface area contributed by atoms with Crippen molar-refractivity contribution in [2.24, 2.45) is 0 Å². The van der Waals surface area contributed by atoms with Crippen LogP contribution in [0.25, 0.3) is 34.0 Å². The molecule has 0 saturated heterocycles. The highest BCUT2D eigenvalue weighted by Crippen LogP contribution is 2.40. The van der Waals surface area contributed by atoms with Crippen molar-refractivity contribution in [2.75, 3.05) is 13.2 Å². The molecule has 13 nitrogen and oxygen atoms in total. The van der Waals surface area contributed by atoms with Crippen molar-refractivity contribution in [3.05, 3.63) is 77.8 Å². The zero-order chi connectivity index (χ0) is 36.2. The van der Waals surface area contributed by atoms with E-state index in [9.17, 15) is 36.3 Å². The molecule has 18 heteroatoms. The zero-order valence-corrected chi connectivity index (χ0v) is 26.2. The molecule has 1 amide bonds. The number of rotatable bonds is 13. The Bertz CT molecular complexity index is 2000. The van der Waals surface area contributed by atoms with E-state index in [2.05, 4.69) is 25.5 Å². The highest BCUT2D eigenvalue weighted by atomic mass is 19.4. The Kier molecular flexibility index (Phi) is 10.4. The summed E-state index contributed by atoms with van der Waals surface area (Å²) in [5.74, 6) is -5.99. The normalized spacial score (nSPS) is 12.8. The van der Waals surface area contributed by atoms with Gasteiger partial charge in [-0.15, -0.1) is 0 Å². The van der Waals surface area contributed by atoms with Gasteiger partial charge in [0.1, 0.15) is 35.5 Å². The number of aromatic nitrogens is 5. The van der Waals surface area contributed by atoms with Crippen LogP contribution in [-0.2, 0) is 25.3 Å². The van der Waals surface area contributed by atoms with Gasteiger partial charge in [-0.05, 0) is 43.7 Å². The minimum Gasteiger partial charge on any atom is -0.494 e. The summed E-state index contributed by atoms with van der Waals surface area (Å²) in [6.45, 7) is 2.69. The van der Waals surface area contributed by atoms with Crippen LogP contribution in [0.2, 0.25) is 0 Å². The molecule has 0 saturated carbocycles. The maximum atomic E-state index is 14.5. The highest BCUT2D eigenvalue weighted by Gasteiger charge is 2.36. The predicted molar refractivity (Wildman–Crippen MR) is 161 cm³/mol. The first-order valence-electron chi connectivity index (χ1n) is 14.9. The second-order valence-corrected chi connectivity index (χ2v) is 10.8. The highest BCUT2D eigenvalue weighted by molar-refractivity contribution is 5.84. The van der Waals surface area contributed by atoms with Crippen LogP contribution in [0.15, 0.2) is 59.4 Å². The fourth-order valence-electron chi connectivity index (χ4n) is 4.67. The fourth-order valence-corrected chi connectivity index (χ4v) is 4.67. The first-order chi connectivity index (χ1) is 23.8. The number of nitrogens with zero attached hydrogens (tertiary/aromatic N) is 5. The summed E-state index contributed by atoms with van der Waals surface area (Å²) >= 11 is 0. The number of imidazole rings is 1. The molecule has 2 aromatic carbocycles. The standard InChI is InChI=1S/C32H27F5N6O7/c1-3-10-48-17-7-8-18(20(12-17)32(35,36)37)22-13-25(50-42-22)28(31(47)49-11-9-26(44)39-16(2)30(45)46)43-15-24-23(14-38-43)40-29(41-24)19-5-4-6-21(33)27(19)34/h4-8,12-16,28H,3,9-11H2,1-2H3,(H,39,44)(H,45,46)/t16-,28?/m0/s1. The first kappa shape index (κ1) is 35.4. The molecule has 0 spiro atoms. The zero-order valence-electron chi connectivity index (χ0n) is 26.2. The fraction of sp³-hybridized carbons (Fsp3) is 0.281. The topological polar surface area (TPSA) is 172 Å². The van der Waals surface area contributed by atoms with Gasteiger partial charge in [0, 0.05) is 11.6 Å². The Balaban J connectivity index is 1.50. The van der Waals surface area contributed by atoms with Crippen molar-refractivity contribution in [2.45, 2.75) is 44.9 Å². The van der Waals surface area contributed by atoms with Crippen molar-refractivity contribution < 1.29 is 55.4 Å². The largest absolute Gasteiger partial charge is 0.494 e. The minimum atomic E-state index is -4.83. The Morgan fingerprint density at radius 1 is 1.02 bits per heavy atom. The average molecular weight is 703 g/mol. The van der Waals surface area contributed by atoms with E-state index in [4.69, 9.17) is 19.1 Å². The number of hydrogen-bond donors (Lipinski definition) is 2. The van der Waals surface area contributed by atoms with E-state index in [0.717, 1.165) is 35.1 Å². The molecule has 5 rings (SSSR count). The molecule has 0 fully saturated rings. The van der Waals surface area contributed by atoms with Crippen molar-refractivity contribution in [1.82, 2.24) is 30.2 Å². The number of carboxylic acid groups (broad SMARTS) is 1. The van der Waals surface area contributed by atoms with Crippen LogP contribution < -0.4 is 10.1 Å². The Hall–Kier alpha value is -5.94. The molecular weight excluding hydrogens is 675 g/mol. The van der Waals surface area contributed by atoms with Gasteiger partial charge < -0.3 is 24.4 Å². The number of alkyl halides is 3. The second-order valence-electron chi connectivity index (χ2n) is 10.8. The van der Waals surface area contributed by atoms with Gasteiger partial charge in [0.05, 0.1) is 36.5 Å². The van der Waals surface area contributed by atoms with Crippen LogP contribution in [0.1, 0.15) is 44.1 Å². The molecule has 1 unspecified atom stereocenters. The lowest BCUT2D eigenvalue weighted by Gasteiger charge is -2.16. The average Bonchev–Trinajstić information content (AvgIpc) is 3.72. The number of aliphatic carboxylic acids is 1. The number of halogens is 5. The van der Waals surface area contributed by atoms with Crippen LogP contribution >= 0.6 is 0 Å². The number of nitrogens with one attached hydrogen (secondary N) is 1.